The van der Waals surface area contributed by atoms with Gasteiger partial charge in [-0.2, -0.15) is 0 Å². The predicted molar refractivity (Wildman–Crippen MR) is 227 cm³/mol. The van der Waals surface area contributed by atoms with Crippen LogP contribution in [0, 0.1) is 0 Å². The molecule has 9 aromatic carbocycles. The fraction of sp³-hybridized carbons (Fsp3) is 0. The van der Waals surface area contributed by atoms with Crippen LogP contribution in [0.2, 0.25) is 0 Å². The van der Waals surface area contributed by atoms with Crippen LogP contribution in [0.25, 0.3) is 111 Å². The van der Waals surface area contributed by atoms with E-state index in [1.807, 2.05) is 30.3 Å². The van der Waals surface area contributed by atoms with Gasteiger partial charge in [-0.3, -0.25) is 0 Å². The van der Waals surface area contributed by atoms with E-state index in [4.69, 9.17) is 19.4 Å². The summed E-state index contributed by atoms with van der Waals surface area (Å²) in [5.41, 5.74) is 8.82. The summed E-state index contributed by atoms with van der Waals surface area (Å²) in [6, 6.07) is 65.8. The van der Waals surface area contributed by atoms with Crippen LogP contribution in [-0.4, -0.2) is 15.0 Å². The average Bonchev–Trinajstić information content (AvgIpc) is 3.64. The first-order valence-corrected chi connectivity index (χ1v) is 18.5. The van der Waals surface area contributed by atoms with Gasteiger partial charge in [0.2, 0.25) is 0 Å². The Labute approximate surface area is 317 Å². The molecule has 0 unspecified atom stereocenters. The fourth-order valence-corrected chi connectivity index (χ4v) is 8.08. The topological polar surface area (TPSA) is 51.8 Å². The minimum Gasteiger partial charge on any atom is -0.456 e. The summed E-state index contributed by atoms with van der Waals surface area (Å²) in [5.74, 6) is 1.81. The van der Waals surface area contributed by atoms with Crippen LogP contribution < -0.4 is 0 Å². The van der Waals surface area contributed by atoms with E-state index < -0.39 is 0 Å². The molecular weight excluding hydrogens is 671 g/mol. The molecular formula is C51H31N3O. The molecule has 11 rings (SSSR count). The highest BCUT2D eigenvalue weighted by molar-refractivity contribution is 6.17. The third-order valence-corrected chi connectivity index (χ3v) is 10.7. The van der Waals surface area contributed by atoms with Crippen molar-refractivity contribution in [2.45, 2.75) is 0 Å². The summed E-state index contributed by atoms with van der Waals surface area (Å²) in [5, 5.41) is 9.14. The number of fused-ring (bicyclic) bond motifs is 7. The maximum absolute atomic E-state index is 6.50. The first-order valence-electron chi connectivity index (χ1n) is 18.5. The van der Waals surface area contributed by atoms with Gasteiger partial charge in [0.1, 0.15) is 11.2 Å². The molecule has 0 radical (unpaired) electrons. The first-order chi connectivity index (χ1) is 27.2. The lowest BCUT2D eigenvalue weighted by Gasteiger charge is -2.16. The van der Waals surface area contributed by atoms with Gasteiger partial charge < -0.3 is 4.42 Å². The van der Waals surface area contributed by atoms with Gasteiger partial charge in [0, 0.05) is 33.0 Å². The lowest BCUT2D eigenvalue weighted by molar-refractivity contribution is 0.669. The maximum Gasteiger partial charge on any atom is 0.164 e. The Morgan fingerprint density at radius 3 is 1.76 bits per heavy atom. The third kappa shape index (κ3) is 5.26. The van der Waals surface area contributed by atoms with Crippen molar-refractivity contribution >= 4 is 54.3 Å². The molecule has 0 saturated heterocycles. The molecule has 256 valence electrons. The van der Waals surface area contributed by atoms with Gasteiger partial charge in [-0.05, 0) is 79.3 Å². The van der Waals surface area contributed by atoms with E-state index in [0.717, 1.165) is 66.3 Å². The lowest BCUT2D eigenvalue weighted by atomic mass is 9.89. The Morgan fingerprint density at radius 1 is 0.309 bits per heavy atom. The van der Waals surface area contributed by atoms with Crippen LogP contribution in [0.15, 0.2) is 192 Å². The van der Waals surface area contributed by atoms with Crippen molar-refractivity contribution in [2.24, 2.45) is 0 Å². The Bertz CT molecular complexity index is 3260. The molecule has 0 saturated carbocycles. The molecule has 4 heteroatoms. The van der Waals surface area contributed by atoms with Gasteiger partial charge in [-0.15, -0.1) is 0 Å². The first kappa shape index (κ1) is 31.1. The third-order valence-electron chi connectivity index (χ3n) is 10.7. The SMILES string of the molecule is c1ccc(-c2nc(-c3ccc4ccc5ccccc5c4c3-c3ccccc3)nc(-c3cccc4oc5ccc(-c6ccc7ccccc7c6)cc5c34)n2)cc1. The molecule has 2 heterocycles. The lowest BCUT2D eigenvalue weighted by Crippen LogP contribution is -2.01. The average molecular weight is 702 g/mol. The molecule has 4 nitrogen and oxygen atoms in total. The largest absolute Gasteiger partial charge is 0.456 e. The van der Waals surface area contributed by atoms with Gasteiger partial charge >= 0.3 is 0 Å². The highest BCUT2D eigenvalue weighted by atomic mass is 16.3. The molecule has 0 aliphatic carbocycles. The van der Waals surface area contributed by atoms with Crippen LogP contribution in [0.5, 0.6) is 0 Å². The number of hydrogen-bond acceptors (Lipinski definition) is 4. The summed E-state index contributed by atoms with van der Waals surface area (Å²) >= 11 is 0. The number of benzene rings is 9. The van der Waals surface area contributed by atoms with E-state index in [0.29, 0.717) is 17.5 Å². The van der Waals surface area contributed by atoms with Crippen LogP contribution in [-0.2, 0) is 0 Å². The quantitative estimate of drug-likeness (QED) is 0.168. The summed E-state index contributed by atoms with van der Waals surface area (Å²) in [7, 11) is 0. The molecule has 11 aromatic rings. The monoisotopic (exact) mass is 701 g/mol. The zero-order valence-electron chi connectivity index (χ0n) is 29.6. The molecule has 0 atom stereocenters. The highest BCUT2D eigenvalue weighted by Gasteiger charge is 2.21. The van der Waals surface area contributed by atoms with E-state index in [2.05, 4.69) is 158 Å². The number of hydrogen-bond donors (Lipinski definition) is 0. The number of aromatic nitrogens is 3. The van der Waals surface area contributed by atoms with Gasteiger partial charge in [0.05, 0.1) is 0 Å². The van der Waals surface area contributed by atoms with Gasteiger partial charge in [0.15, 0.2) is 17.5 Å². The van der Waals surface area contributed by atoms with Crippen molar-refractivity contribution in [1.29, 1.82) is 0 Å². The number of furan rings is 1. The van der Waals surface area contributed by atoms with Crippen LogP contribution in [0.3, 0.4) is 0 Å². The summed E-state index contributed by atoms with van der Waals surface area (Å²) in [6.07, 6.45) is 0. The van der Waals surface area contributed by atoms with E-state index in [1.165, 1.54) is 26.9 Å². The Hall–Kier alpha value is -7.43. The molecule has 0 N–H and O–H groups in total. The van der Waals surface area contributed by atoms with E-state index >= 15 is 0 Å². The summed E-state index contributed by atoms with van der Waals surface area (Å²) < 4.78 is 6.50. The standard InChI is InChI=1S/C51H31N3O/c1-3-14-34(15-4-1)47-42(28-26-35-24-23-33-13-9-10-19-40(33)46(35)47)51-53-49(36-16-5-2-6-17-36)52-50(54-51)41-20-11-21-45-48(41)43-31-39(27-29-44(43)55-45)38-25-22-32-12-7-8-18-37(32)30-38/h1-31H. The minimum atomic E-state index is 0.588. The second kappa shape index (κ2) is 12.6. The zero-order valence-corrected chi connectivity index (χ0v) is 29.6. The summed E-state index contributed by atoms with van der Waals surface area (Å²) in [6.45, 7) is 0. The second-order valence-electron chi connectivity index (χ2n) is 14.0. The number of nitrogens with zero attached hydrogens (tertiary/aromatic N) is 3. The molecule has 0 fully saturated rings. The van der Waals surface area contributed by atoms with Crippen molar-refractivity contribution in [3.05, 3.63) is 188 Å². The van der Waals surface area contributed by atoms with Gasteiger partial charge in [-0.1, -0.05) is 158 Å². The normalized spacial score (nSPS) is 11.6. The molecule has 0 amide bonds. The maximum atomic E-state index is 6.50. The van der Waals surface area contributed by atoms with Gasteiger partial charge in [0.25, 0.3) is 0 Å². The molecule has 0 spiro atoms. The van der Waals surface area contributed by atoms with Crippen LogP contribution >= 0.6 is 0 Å². The predicted octanol–water partition coefficient (Wildman–Crippen LogP) is 13.6. The number of rotatable bonds is 5. The Morgan fingerprint density at radius 2 is 0.927 bits per heavy atom. The van der Waals surface area contributed by atoms with Crippen molar-refractivity contribution in [1.82, 2.24) is 15.0 Å². The fourth-order valence-electron chi connectivity index (χ4n) is 8.08. The van der Waals surface area contributed by atoms with Crippen molar-refractivity contribution in [3.63, 3.8) is 0 Å². The van der Waals surface area contributed by atoms with E-state index in [9.17, 15) is 0 Å². The molecule has 2 aromatic heterocycles. The van der Waals surface area contributed by atoms with Crippen molar-refractivity contribution < 1.29 is 4.42 Å². The molecule has 0 aliphatic rings. The second-order valence-corrected chi connectivity index (χ2v) is 14.0. The van der Waals surface area contributed by atoms with Crippen LogP contribution in [0.4, 0.5) is 0 Å². The minimum absolute atomic E-state index is 0.588. The molecule has 0 aliphatic heterocycles. The molecule has 0 bridgehead atoms. The Kier molecular flexibility index (Phi) is 7.14. The zero-order chi connectivity index (χ0) is 36.3. The highest BCUT2D eigenvalue weighted by Crippen LogP contribution is 2.43. The smallest absolute Gasteiger partial charge is 0.164 e. The van der Waals surface area contributed by atoms with E-state index in [-0.39, 0.29) is 0 Å². The summed E-state index contributed by atoms with van der Waals surface area (Å²) in [4.78, 5) is 15.8. The van der Waals surface area contributed by atoms with E-state index in [1.54, 1.807) is 0 Å². The van der Waals surface area contributed by atoms with Gasteiger partial charge in [-0.25, -0.2) is 15.0 Å². The Balaban J connectivity index is 1.18. The van der Waals surface area contributed by atoms with Crippen molar-refractivity contribution in [3.8, 4) is 56.4 Å². The van der Waals surface area contributed by atoms with Crippen LogP contribution in [0.1, 0.15) is 0 Å². The van der Waals surface area contributed by atoms with Crippen molar-refractivity contribution in [2.75, 3.05) is 0 Å². The molecule has 55 heavy (non-hydrogen) atoms.